The highest BCUT2D eigenvalue weighted by Crippen LogP contribution is 2.27. The third-order valence-electron chi connectivity index (χ3n) is 4.33. The highest BCUT2D eigenvalue weighted by molar-refractivity contribution is 5.25. The average Bonchev–Trinajstić information content (AvgIpc) is 2.47. The van der Waals surface area contributed by atoms with Crippen LogP contribution in [0.1, 0.15) is 36.2 Å². The van der Waals surface area contributed by atoms with Crippen LogP contribution in [0.2, 0.25) is 0 Å². The van der Waals surface area contributed by atoms with E-state index in [1.165, 1.54) is 55.8 Å². The van der Waals surface area contributed by atoms with E-state index in [1.807, 2.05) is 0 Å². The third-order valence-corrected chi connectivity index (χ3v) is 4.33. The van der Waals surface area contributed by atoms with Gasteiger partial charge < -0.3 is 4.90 Å². The molecule has 0 amide bonds. The van der Waals surface area contributed by atoms with Crippen LogP contribution in [0.5, 0.6) is 0 Å². The lowest BCUT2D eigenvalue weighted by Gasteiger charge is -2.31. The number of aromatic nitrogens is 2. The van der Waals surface area contributed by atoms with Crippen LogP contribution in [-0.2, 0) is 12.8 Å². The first kappa shape index (κ1) is 11.1. The zero-order chi connectivity index (χ0) is 11.7. The maximum Gasteiger partial charge on any atom is 0.115 e. The SMILES string of the molecule is Cc1ncnc2c1CCN(CC1CCC1)CC2. The van der Waals surface area contributed by atoms with Gasteiger partial charge in [-0.2, -0.15) is 0 Å². The Hall–Kier alpha value is -0.960. The molecule has 3 nitrogen and oxygen atoms in total. The van der Waals surface area contributed by atoms with Crippen LogP contribution < -0.4 is 0 Å². The molecule has 1 fully saturated rings. The van der Waals surface area contributed by atoms with Crippen LogP contribution in [0.3, 0.4) is 0 Å². The fourth-order valence-corrected chi connectivity index (χ4v) is 2.96. The summed E-state index contributed by atoms with van der Waals surface area (Å²) in [6, 6.07) is 0. The Labute approximate surface area is 103 Å². The Morgan fingerprint density at radius 3 is 2.82 bits per heavy atom. The molecule has 0 radical (unpaired) electrons. The summed E-state index contributed by atoms with van der Waals surface area (Å²) >= 11 is 0. The van der Waals surface area contributed by atoms with E-state index in [2.05, 4.69) is 21.8 Å². The van der Waals surface area contributed by atoms with Crippen molar-refractivity contribution in [1.82, 2.24) is 14.9 Å². The molecule has 0 bridgehead atoms. The molecule has 3 rings (SSSR count). The molecule has 0 unspecified atom stereocenters. The van der Waals surface area contributed by atoms with Crippen molar-refractivity contribution < 1.29 is 0 Å². The van der Waals surface area contributed by atoms with E-state index < -0.39 is 0 Å². The van der Waals surface area contributed by atoms with Gasteiger partial charge in [0.25, 0.3) is 0 Å². The van der Waals surface area contributed by atoms with Gasteiger partial charge in [-0.05, 0) is 37.7 Å². The van der Waals surface area contributed by atoms with Gasteiger partial charge in [-0.15, -0.1) is 0 Å². The zero-order valence-corrected chi connectivity index (χ0v) is 10.7. The van der Waals surface area contributed by atoms with Crippen LogP contribution >= 0.6 is 0 Å². The van der Waals surface area contributed by atoms with Gasteiger partial charge in [-0.25, -0.2) is 9.97 Å². The van der Waals surface area contributed by atoms with Crippen LogP contribution in [0.15, 0.2) is 6.33 Å². The first-order valence-electron chi connectivity index (χ1n) is 6.84. The first-order chi connectivity index (χ1) is 8.33. The van der Waals surface area contributed by atoms with Gasteiger partial charge in [-0.3, -0.25) is 0 Å². The topological polar surface area (TPSA) is 29.0 Å². The van der Waals surface area contributed by atoms with Gasteiger partial charge in [0.05, 0.1) is 0 Å². The number of rotatable bonds is 2. The molecular weight excluding hydrogens is 210 g/mol. The normalized spacial score (nSPS) is 21.7. The standard InChI is InChI=1S/C14H21N3/c1-11-13-5-7-17(9-12-3-2-4-12)8-6-14(13)16-10-15-11/h10,12H,2-9H2,1H3. The number of nitrogens with zero attached hydrogens (tertiary/aromatic N) is 3. The summed E-state index contributed by atoms with van der Waals surface area (Å²) in [6.07, 6.45) is 8.30. The minimum atomic E-state index is 0.975. The molecule has 1 aromatic heterocycles. The smallest absolute Gasteiger partial charge is 0.115 e. The van der Waals surface area contributed by atoms with E-state index >= 15 is 0 Å². The summed E-state index contributed by atoms with van der Waals surface area (Å²) < 4.78 is 0. The van der Waals surface area contributed by atoms with Gasteiger partial charge in [0.2, 0.25) is 0 Å². The molecular formula is C14H21N3. The van der Waals surface area contributed by atoms with Crippen molar-refractivity contribution in [1.29, 1.82) is 0 Å². The van der Waals surface area contributed by atoms with E-state index in [9.17, 15) is 0 Å². The third kappa shape index (κ3) is 2.34. The van der Waals surface area contributed by atoms with E-state index in [-0.39, 0.29) is 0 Å². The molecule has 92 valence electrons. The summed E-state index contributed by atoms with van der Waals surface area (Å²) in [4.78, 5) is 11.4. The summed E-state index contributed by atoms with van der Waals surface area (Å²) in [5.41, 5.74) is 3.87. The molecule has 1 saturated carbocycles. The Kier molecular flexibility index (Phi) is 3.10. The quantitative estimate of drug-likeness (QED) is 0.779. The molecule has 2 heterocycles. The minimum absolute atomic E-state index is 0.975. The van der Waals surface area contributed by atoms with Crippen molar-refractivity contribution in [3.63, 3.8) is 0 Å². The second-order valence-electron chi connectivity index (χ2n) is 5.48. The van der Waals surface area contributed by atoms with Crippen molar-refractivity contribution in [2.75, 3.05) is 19.6 Å². The summed E-state index contributed by atoms with van der Waals surface area (Å²) in [5, 5.41) is 0. The fourth-order valence-electron chi connectivity index (χ4n) is 2.96. The number of hydrogen-bond acceptors (Lipinski definition) is 3. The molecule has 17 heavy (non-hydrogen) atoms. The summed E-state index contributed by atoms with van der Waals surface area (Å²) in [6.45, 7) is 5.79. The highest BCUT2D eigenvalue weighted by atomic mass is 15.1. The van der Waals surface area contributed by atoms with Crippen LogP contribution in [0.25, 0.3) is 0 Å². The molecule has 0 spiro atoms. The number of hydrogen-bond donors (Lipinski definition) is 0. The van der Waals surface area contributed by atoms with Gasteiger partial charge in [-0.1, -0.05) is 6.42 Å². The van der Waals surface area contributed by atoms with E-state index in [1.54, 1.807) is 6.33 Å². The minimum Gasteiger partial charge on any atom is -0.302 e. The molecule has 3 heteroatoms. The molecule has 1 aliphatic heterocycles. The Morgan fingerprint density at radius 2 is 2.06 bits per heavy atom. The van der Waals surface area contributed by atoms with Gasteiger partial charge in [0.15, 0.2) is 0 Å². The van der Waals surface area contributed by atoms with Crippen LogP contribution in [0.4, 0.5) is 0 Å². The molecule has 0 N–H and O–H groups in total. The van der Waals surface area contributed by atoms with Crippen molar-refractivity contribution >= 4 is 0 Å². The van der Waals surface area contributed by atoms with Crippen LogP contribution in [-0.4, -0.2) is 34.5 Å². The second kappa shape index (κ2) is 4.73. The Morgan fingerprint density at radius 1 is 1.24 bits per heavy atom. The first-order valence-corrected chi connectivity index (χ1v) is 6.84. The van der Waals surface area contributed by atoms with Crippen molar-refractivity contribution in [3.05, 3.63) is 23.3 Å². The molecule has 0 aromatic carbocycles. The van der Waals surface area contributed by atoms with E-state index in [0.717, 1.165) is 18.8 Å². The summed E-state index contributed by atoms with van der Waals surface area (Å²) in [5.74, 6) is 0.975. The monoisotopic (exact) mass is 231 g/mol. The van der Waals surface area contributed by atoms with Gasteiger partial charge in [0.1, 0.15) is 6.33 Å². The predicted octanol–water partition coefficient (Wildman–Crippen LogP) is 1.99. The fraction of sp³-hybridized carbons (Fsp3) is 0.714. The molecule has 0 atom stereocenters. The molecule has 1 aromatic rings. The second-order valence-corrected chi connectivity index (χ2v) is 5.48. The Balaban J connectivity index is 1.67. The predicted molar refractivity (Wildman–Crippen MR) is 68.0 cm³/mol. The number of aryl methyl sites for hydroxylation is 1. The van der Waals surface area contributed by atoms with Gasteiger partial charge >= 0.3 is 0 Å². The van der Waals surface area contributed by atoms with Crippen molar-refractivity contribution in [2.24, 2.45) is 5.92 Å². The zero-order valence-electron chi connectivity index (χ0n) is 10.7. The lowest BCUT2D eigenvalue weighted by Crippen LogP contribution is -2.34. The van der Waals surface area contributed by atoms with E-state index in [4.69, 9.17) is 0 Å². The molecule has 1 aliphatic carbocycles. The molecule has 0 saturated heterocycles. The van der Waals surface area contributed by atoms with E-state index in [0.29, 0.717) is 0 Å². The maximum absolute atomic E-state index is 4.45. The highest BCUT2D eigenvalue weighted by Gasteiger charge is 2.23. The largest absolute Gasteiger partial charge is 0.302 e. The average molecular weight is 231 g/mol. The Bertz CT molecular complexity index is 398. The van der Waals surface area contributed by atoms with Crippen LogP contribution in [0, 0.1) is 12.8 Å². The lowest BCUT2D eigenvalue weighted by atomic mass is 9.85. The number of fused-ring (bicyclic) bond motifs is 1. The van der Waals surface area contributed by atoms with Crippen molar-refractivity contribution in [2.45, 2.75) is 39.0 Å². The lowest BCUT2D eigenvalue weighted by molar-refractivity contribution is 0.183. The maximum atomic E-state index is 4.45. The molecule has 2 aliphatic rings. The summed E-state index contributed by atoms with van der Waals surface area (Å²) in [7, 11) is 0. The van der Waals surface area contributed by atoms with Crippen molar-refractivity contribution in [3.8, 4) is 0 Å². The van der Waals surface area contributed by atoms with Gasteiger partial charge in [0, 0.05) is 37.4 Å².